The van der Waals surface area contributed by atoms with Crippen molar-refractivity contribution in [2.75, 3.05) is 0 Å². The number of benzene rings is 2. The van der Waals surface area contributed by atoms with Gasteiger partial charge in [-0.25, -0.2) is 0 Å². The van der Waals surface area contributed by atoms with Gasteiger partial charge in [0.2, 0.25) is 0 Å². The van der Waals surface area contributed by atoms with Crippen molar-refractivity contribution < 1.29 is 51.0 Å². The topological polar surface area (TPSA) is 0 Å². The summed E-state index contributed by atoms with van der Waals surface area (Å²) in [5, 5.41) is 0. The summed E-state index contributed by atoms with van der Waals surface area (Å²) in [6.07, 6.45) is 15.3. The molecule has 2 aromatic rings. The minimum absolute atomic E-state index is 0. The molecule has 2 aliphatic carbocycles. The SMILES string of the molecule is CC=C1[C-]=C(c2ccccc2)C(C)=C1.CC=C1[C-]=C(c2ccccc2)C(C)=C1.[Cl-].[Cl-].[Zr+4]. The quantitative estimate of drug-likeness (QED) is 0.524. The minimum atomic E-state index is 0. The third-order valence-corrected chi connectivity index (χ3v) is 4.82. The van der Waals surface area contributed by atoms with E-state index in [4.69, 9.17) is 0 Å². The van der Waals surface area contributed by atoms with Crippen molar-refractivity contribution in [1.82, 2.24) is 0 Å². The smallest absolute Gasteiger partial charge is 1.00 e. The van der Waals surface area contributed by atoms with Crippen LogP contribution in [0.2, 0.25) is 0 Å². The standard InChI is InChI=1S/2C14H13.2ClH.Zr/c2*1-3-12-9-11(2)14(10-12)13-7-5-4-6-8-13;;;/h2*3-9H,1-2H3;2*1H;/q2*-1;;;+4/p-2. The molecule has 0 saturated carbocycles. The molecule has 0 aromatic heterocycles. The van der Waals surface area contributed by atoms with Crippen LogP contribution in [0.5, 0.6) is 0 Å². The van der Waals surface area contributed by atoms with E-state index >= 15 is 0 Å². The molecule has 0 aliphatic heterocycles. The number of hydrogen-bond donors (Lipinski definition) is 0. The molecule has 0 atom stereocenters. The van der Waals surface area contributed by atoms with Crippen molar-refractivity contribution in [2.45, 2.75) is 27.7 Å². The number of halogens is 2. The van der Waals surface area contributed by atoms with Crippen LogP contribution >= 0.6 is 0 Å². The molecule has 0 amide bonds. The number of rotatable bonds is 2. The molecule has 0 spiro atoms. The Kier molecular flexibility index (Phi) is 13.6. The first kappa shape index (κ1) is 29.3. The molecule has 0 saturated heterocycles. The third kappa shape index (κ3) is 7.76. The zero-order chi connectivity index (χ0) is 19.9. The first-order valence-electron chi connectivity index (χ1n) is 9.71. The Bertz CT molecular complexity index is 936. The minimum Gasteiger partial charge on any atom is -1.00 e. The van der Waals surface area contributed by atoms with E-state index in [2.05, 4.69) is 98.8 Å². The molecule has 0 N–H and O–H groups in total. The molecule has 0 nitrogen and oxygen atoms in total. The van der Waals surface area contributed by atoms with Crippen LogP contribution in [-0.4, -0.2) is 0 Å². The molecule has 2 aromatic carbocycles. The fourth-order valence-electron chi connectivity index (χ4n) is 3.29. The normalized spacial score (nSPS) is 16.5. The molecule has 0 heterocycles. The summed E-state index contributed by atoms with van der Waals surface area (Å²) in [5.41, 5.74) is 9.89. The summed E-state index contributed by atoms with van der Waals surface area (Å²) in [7, 11) is 0. The fourth-order valence-corrected chi connectivity index (χ4v) is 3.29. The van der Waals surface area contributed by atoms with Gasteiger partial charge in [-0.2, -0.15) is 0 Å². The maximum Gasteiger partial charge on any atom is 4.00 e. The molecule has 0 fully saturated rings. The van der Waals surface area contributed by atoms with Crippen LogP contribution in [0.4, 0.5) is 0 Å². The molecule has 0 radical (unpaired) electrons. The Hall–Kier alpha value is -1.66. The van der Waals surface area contributed by atoms with Gasteiger partial charge in [-0.15, -0.1) is 69.9 Å². The van der Waals surface area contributed by atoms with E-state index < -0.39 is 0 Å². The van der Waals surface area contributed by atoms with Gasteiger partial charge < -0.3 is 24.8 Å². The second kappa shape index (κ2) is 14.4. The van der Waals surface area contributed by atoms with Gasteiger partial charge in [0.15, 0.2) is 0 Å². The molecule has 4 rings (SSSR count). The number of hydrogen-bond acceptors (Lipinski definition) is 0. The first-order chi connectivity index (χ1) is 13.6. The van der Waals surface area contributed by atoms with E-state index in [0.717, 1.165) is 0 Å². The fraction of sp³-hybridized carbons (Fsp3) is 0.143. The van der Waals surface area contributed by atoms with Gasteiger partial charge in [-0.05, 0) is 0 Å². The van der Waals surface area contributed by atoms with E-state index in [9.17, 15) is 0 Å². The molecular formula is C28H26Cl2Zr. The van der Waals surface area contributed by atoms with Crippen LogP contribution in [0, 0.1) is 12.2 Å². The molecule has 3 heteroatoms. The van der Waals surface area contributed by atoms with Crippen LogP contribution in [0.25, 0.3) is 11.1 Å². The van der Waals surface area contributed by atoms with Gasteiger partial charge in [-0.3, -0.25) is 0 Å². The Balaban J connectivity index is 0.000000529. The molecule has 0 unspecified atom stereocenters. The summed E-state index contributed by atoms with van der Waals surface area (Å²) >= 11 is 0. The largest absolute Gasteiger partial charge is 4.00 e. The van der Waals surface area contributed by atoms with Gasteiger partial charge in [0, 0.05) is 0 Å². The Morgan fingerprint density at radius 2 is 0.903 bits per heavy atom. The molecule has 156 valence electrons. The summed E-state index contributed by atoms with van der Waals surface area (Å²) in [6.45, 7) is 8.35. The van der Waals surface area contributed by atoms with Crippen LogP contribution in [0.15, 0.2) is 107 Å². The number of allylic oxidation sites excluding steroid dienone is 12. The summed E-state index contributed by atoms with van der Waals surface area (Å²) < 4.78 is 0. The van der Waals surface area contributed by atoms with E-state index in [1.165, 1.54) is 44.6 Å². The van der Waals surface area contributed by atoms with E-state index in [-0.39, 0.29) is 51.0 Å². The zero-order valence-corrected chi connectivity index (χ0v) is 22.3. The van der Waals surface area contributed by atoms with Crippen molar-refractivity contribution in [1.29, 1.82) is 0 Å². The summed E-state index contributed by atoms with van der Waals surface area (Å²) in [5.74, 6) is 0. The van der Waals surface area contributed by atoms with Gasteiger partial charge in [-0.1, -0.05) is 99.5 Å². The second-order valence-corrected chi connectivity index (χ2v) is 6.87. The maximum absolute atomic E-state index is 3.39. The van der Waals surface area contributed by atoms with E-state index in [0.29, 0.717) is 0 Å². The molecule has 2 aliphatic rings. The van der Waals surface area contributed by atoms with E-state index in [1.54, 1.807) is 0 Å². The molecule has 31 heavy (non-hydrogen) atoms. The van der Waals surface area contributed by atoms with Gasteiger partial charge >= 0.3 is 26.2 Å². The van der Waals surface area contributed by atoms with E-state index in [1.807, 2.05) is 26.0 Å². The summed E-state index contributed by atoms with van der Waals surface area (Å²) in [6, 6.07) is 20.8. The van der Waals surface area contributed by atoms with Gasteiger partial charge in [0.1, 0.15) is 0 Å². The average Bonchev–Trinajstić information content (AvgIpc) is 3.32. The predicted octanol–water partition coefficient (Wildman–Crippen LogP) is 1.56. The average molecular weight is 525 g/mol. The predicted molar refractivity (Wildman–Crippen MR) is 121 cm³/mol. The van der Waals surface area contributed by atoms with Crippen LogP contribution in [0.3, 0.4) is 0 Å². The third-order valence-electron chi connectivity index (χ3n) is 4.82. The van der Waals surface area contributed by atoms with Crippen molar-refractivity contribution in [2.24, 2.45) is 0 Å². The Labute approximate surface area is 219 Å². The second-order valence-electron chi connectivity index (χ2n) is 6.87. The Morgan fingerprint density at radius 3 is 1.16 bits per heavy atom. The molecule has 0 bridgehead atoms. The van der Waals surface area contributed by atoms with Crippen molar-refractivity contribution in [3.05, 3.63) is 131 Å². The Morgan fingerprint density at radius 1 is 0.581 bits per heavy atom. The summed E-state index contributed by atoms with van der Waals surface area (Å²) in [4.78, 5) is 0. The van der Waals surface area contributed by atoms with Crippen LogP contribution in [-0.2, 0) is 26.2 Å². The zero-order valence-electron chi connectivity index (χ0n) is 18.3. The maximum atomic E-state index is 3.39. The van der Waals surface area contributed by atoms with Crippen molar-refractivity contribution >= 4 is 11.1 Å². The van der Waals surface area contributed by atoms with Gasteiger partial charge in [0.05, 0.1) is 0 Å². The van der Waals surface area contributed by atoms with Crippen molar-refractivity contribution in [3.63, 3.8) is 0 Å². The van der Waals surface area contributed by atoms with Gasteiger partial charge in [0.25, 0.3) is 0 Å². The molecular weight excluding hydrogens is 498 g/mol. The van der Waals surface area contributed by atoms with Crippen LogP contribution in [0.1, 0.15) is 38.8 Å². The monoisotopic (exact) mass is 522 g/mol. The van der Waals surface area contributed by atoms with Crippen molar-refractivity contribution in [3.8, 4) is 0 Å². The van der Waals surface area contributed by atoms with Crippen LogP contribution < -0.4 is 24.8 Å². The first-order valence-corrected chi connectivity index (χ1v) is 9.71.